The van der Waals surface area contributed by atoms with Gasteiger partial charge in [-0.05, 0) is 36.8 Å². The van der Waals surface area contributed by atoms with Gasteiger partial charge in [0.25, 0.3) is 5.91 Å². The Morgan fingerprint density at radius 2 is 1.87 bits per heavy atom. The Labute approximate surface area is 143 Å². The summed E-state index contributed by atoms with van der Waals surface area (Å²) in [5.41, 5.74) is 0.809. The number of hydrogen-bond acceptors (Lipinski definition) is 4. The number of aromatic nitrogens is 1. The largest absolute Gasteiger partial charge is 0.449 e. The zero-order valence-corrected chi connectivity index (χ0v) is 13.8. The average molecular weight is 353 g/mol. The van der Waals surface area contributed by atoms with Crippen LogP contribution in [-0.4, -0.2) is 23.0 Å². The van der Waals surface area contributed by atoms with E-state index in [9.17, 15) is 9.59 Å². The molecule has 120 valence electrons. The molecule has 5 nitrogen and oxygen atoms in total. The van der Waals surface area contributed by atoms with Crippen LogP contribution in [0.25, 0.3) is 0 Å². The van der Waals surface area contributed by atoms with E-state index < -0.39 is 18.0 Å². The van der Waals surface area contributed by atoms with E-state index in [0.717, 1.165) is 0 Å². The van der Waals surface area contributed by atoms with Gasteiger partial charge in [-0.3, -0.25) is 9.78 Å². The summed E-state index contributed by atoms with van der Waals surface area (Å²) in [6.45, 7) is 1.75. The van der Waals surface area contributed by atoms with Crippen molar-refractivity contribution in [2.24, 2.45) is 0 Å². The fraction of sp³-hybridized carbons (Fsp3) is 0.188. The maximum absolute atomic E-state index is 12.2. The Hall–Kier alpha value is -2.11. The number of nitrogens with one attached hydrogen (secondary N) is 1. The highest BCUT2D eigenvalue weighted by atomic mass is 35.5. The Kier molecular flexibility index (Phi) is 5.96. The molecular weight excluding hydrogens is 339 g/mol. The Morgan fingerprint density at radius 3 is 2.48 bits per heavy atom. The molecule has 1 heterocycles. The van der Waals surface area contributed by atoms with E-state index in [1.807, 2.05) is 0 Å². The maximum Gasteiger partial charge on any atom is 0.339 e. The second-order valence-corrected chi connectivity index (χ2v) is 5.47. The normalized spacial score (nSPS) is 11.6. The van der Waals surface area contributed by atoms with E-state index in [1.165, 1.54) is 30.6 Å². The van der Waals surface area contributed by atoms with E-state index in [4.69, 9.17) is 27.9 Å². The standard InChI is InChI=1S/C16H14Cl2N2O3/c1-2-14(23-16(22)10-5-7-19-8-6-10)15(21)20-11-3-4-12(17)13(18)9-11/h3-9,14H,2H2,1H3,(H,20,21). The number of benzene rings is 1. The van der Waals surface area contributed by atoms with Crippen molar-refractivity contribution in [1.29, 1.82) is 0 Å². The third-order valence-electron chi connectivity index (χ3n) is 3.02. The SMILES string of the molecule is CCC(OC(=O)c1ccncc1)C(=O)Nc1ccc(Cl)c(Cl)c1. The van der Waals surface area contributed by atoms with Crippen LogP contribution in [-0.2, 0) is 9.53 Å². The number of rotatable bonds is 5. The van der Waals surface area contributed by atoms with Crippen molar-refractivity contribution in [2.45, 2.75) is 19.4 Å². The molecule has 0 bridgehead atoms. The molecule has 23 heavy (non-hydrogen) atoms. The summed E-state index contributed by atoms with van der Waals surface area (Å²) < 4.78 is 5.24. The molecule has 0 aliphatic carbocycles. The van der Waals surface area contributed by atoms with Gasteiger partial charge in [-0.2, -0.15) is 0 Å². The highest BCUT2D eigenvalue weighted by Gasteiger charge is 2.22. The minimum absolute atomic E-state index is 0.325. The first kappa shape index (κ1) is 17.2. The summed E-state index contributed by atoms with van der Waals surface area (Å²) in [4.78, 5) is 28.1. The molecule has 1 atom stereocenters. The second-order valence-electron chi connectivity index (χ2n) is 4.66. The minimum atomic E-state index is -0.912. The summed E-state index contributed by atoms with van der Waals surface area (Å²) in [5.74, 6) is -1.02. The number of hydrogen-bond donors (Lipinski definition) is 1. The van der Waals surface area contributed by atoms with Crippen molar-refractivity contribution < 1.29 is 14.3 Å². The van der Waals surface area contributed by atoms with Gasteiger partial charge >= 0.3 is 5.97 Å². The molecule has 1 aromatic heterocycles. The van der Waals surface area contributed by atoms with Crippen LogP contribution in [0.4, 0.5) is 5.69 Å². The molecule has 0 radical (unpaired) electrons. The monoisotopic (exact) mass is 352 g/mol. The maximum atomic E-state index is 12.2. The molecule has 2 aromatic rings. The molecule has 1 unspecified atom stereocenters. The van der Waals surface area contributed by atoms with E-state index in [-0.39, 0.29) is 0 Å². The van der Waals surface area contributed by atoms with Gasteiger partial charge in [-0.1, -0.05) is 30.1 Å². The zero-order valence-electron chi connectivity index (χ0n) is 12.3. The highest BCUT2D eigenvalue weighted by Crippen LogP contribution is 2.25. The topological polar surface area (TPSA) is 68.3 Å². The predicted octanol–water partition coefficient (Wildman–Crippen LogP) is 3.96. The third-order valence-corrected chi connectivity index (χ3v) is 3.75. The number of carbonyl (C=O) groups is 2. The first-order chi connectivity index (χ1) is 11.0. The molecular formula is C16H14Cl2N2O3. The lowest BCUT2D eigenvalue weighted by molar-refractivity contribution is -0.124. The van der Waals surface area contributed by atoms with Gasteiger partial charge in [0.05, 0.1) is 15.6 Å². The quantitative estimate of drug-likeness (QED) is 0.826. The Bertz CT molecular complexity index is 708. The van der Waals surface area contributed by atoms with Crippen molar-refractivity contribution in [3.8, 4) is 0 Å². The van der Waals surface area contributed by atoms with E-state index in [0.29, 0.717) is 27.7 Å². The van der Waals surface area contributed by atoms with Crippen LogP contribution < -0.4 is 5.32 Å². The molecule has 0 aliphatic heterocycles. The number of ether oxygens (including phenoxy) is 1. The molecule has 0 aliphatic rings. The van der Waals surface area contributed by atoms with Crippen LogP contribution in [0.3, 0.4) is 0 Å². The van der Waals surface area contributed by atoms with Crippen molar-refractivity contribution >= 4 is 40.8 Å². The summed E-state index contributed by atoms with van der Waals surface area (Å²) >= 11 is 11.7. The zero-order chi connectivity index (χ0) is 16.8. The predicted molar refractivity (Wildman–Crippen MR) is 88.8 cm³/mol. The number of carbonyl (C=O) groups excluding carboxylic acids is 2. The molecule has 1 aromatic carbocycles. The molecule has 0 saturated carbocycles. The van der Waals surface area contributed by atoms with Gasteiger partial charge < -0.3 is 10.1 Å². The van der Waals surface area contributed by atoms with Crippen LogP contribution in [0.15, 0.2) is 42.7 Å². The van der Waals surface area contributed by atoms with Gasteiger partial charge in [-0.15, -0.1) is 0 Å². The van der Waals surface area contributed by atoms with Crippen molar-refractivity contribution in [3.05, 3.63) is 58.3 Å². The van der Waals surface area contributed by atoms with Crippen LogP contribution >= 0.6 is 23.2 Å². The molecule has 1 amide bonds. The number of pyridine rings is 1. The van der Waals surface area contributed by atoms with Crippen LogP contribution in [0.5, 0.6) is 0 Å². The van der Waals surface area contributed by atoms with Crippen LogP contribution in [0.1, 0.15) is 23.7 Å². The van der Waals surface area contributed by atoms with Gasteiger partial charge in [0.1, 0.15) is 0 Å². The lowest BCUT2D eigenvalue weighted by Crippen LogP contribution is -2.32. The number of amides is 1. The summed E-state index contributed by atoms with van der Waals surface area (Å²) in [5, 5.41) is 3.36. The van der Waals surface area contributed by atoms with Gasteiger partial charge in [0, 0.05) is 18.1 Å². The molecule has 7 heteroatoms. The van der Waals surface area contributed by atoms with Crippen molar-refractivity contribution in [2.75, 3.05) is 5.32 Å². The van der Waals surface area contributed by atoms with Crippen LogP contribution in [0, 0.1) is 0 Å². The fourth-order valence-corrected chi connectivity index (χ4v) is 2.10. The van der Waals surface area contributed by atoms with E-state index >= 15 is 0 Å². The molecule has 0 spiro atoms. The number of halogens is 2. The summed E-state index contributed by atoms with van der Waals surface area (Å²) in [7, 11) is 0. The fourth-order valence-electron chi connectivity index (χ4n) is 1.80. The second kappa shape index (κ2) is 7.94. The first-order valence-corrected chi connectivity index (χ1v) is 7.63. The minimum Gasteiger partial charge on any atom is -0.449 e. The summed E-state index contributed by atoms with van der Waals surface area (Å²) in [6.07, 6.45) is 2.38. The molecule has 2 rings (SSSR count). The average Bonchev–Trinajstić information content (AvgIpc) is 2.56. The van der Waals surface area contributed by atoms with Crippen molar-refractivity contribution in [1.82, 2.24) is 4.98 Å². The summed E-state index contributed by atoms with van der Waals surface area (Å²) in [6, 6.07) is 7.75. The third kappa shape index (κ3) is 4.68. The lowest BCUT2D eigenvalue weighted by Gasteiger charge is -2.16. The number of esters is 1. The van der Waals surface area contributed by atoms with E-state index in [2.05, 4.69) is 10.3 Å². The highest BCUT2D eigenvalue weighted by molar-refractivity contribution is 6.42. The lowest BCUT2D eigenvalue weighted by atomic mass is 10.2. The van der Waals surface area contributed by atoms with Gasteiger partial charge in [-0.25, -0.2) is 4.79 Å². The molecule has 1 N–H and O–H groups in total. The van der Waals surface area contributed by atoms with Gasteiger partial charge in [0.2, 0.25) is 0 Å². The smallest absolute Gasteiger partial charge is 0.339 e. The number of anilines is 1. The van der Waals surface area contributed by atoms with Crippen molar-refractivity contribution in [3.63, 3.8) is 0 Å². The molecule has 0 fully saturated rings. The first-order valence-electron chi connectivity index (χ1n) is 6.88. The van der Waals surface area contributed by atoms with Gasteiger partial charge in [0.15, 0.2) is 6.10 Å². The Morgan fingerprint density at radius 1 is 1.17 bits per heavy atom. The Balaban J connectivity index is 2.03. The molecule has 0 saturated heterocycles. The van der Waals surface area contributed by atoms with Crippen LogP contribution in [0.2, 0.25) is 10.0 Å². The number of nitrogens with zero attached hydrogens (tertiary/aromatic N) is 1. The van der Waals surface area contributed by atoms with E-state index in [1.54, 1.807) is 19.1 Å².